The van der Waals surface area contributed by atoms with Gasteiger partial charge in [0.1, 0.15) is 5.75 Å². The van der Waals surface area contributed by atoms with Crippen molar-refractivity contribution in [3.05, 3.63) is 18.5 Å². The molecule has 4 heteroatoms. The molecule has 2 heterocycles. The van der Waals surface area contributed by atoms with E-state index < -0.39 is 0 Å². The van der Waals surface area contributed by atoms with E-state index in [0.717, 1.165) is 31.9 Å². The van der Waals surface area contributed by atoms with Gasteiger partial charge in [-0.1, -0.05) is 6.42 Å². The average molecular weight is 275 g/mol. The third-order valence-electron chi connectivity index (χ3n) is 4.26. The molecule has 1 aromatic rings. The van der Waals surface area contributed by atoms with Crippen LogP contribution in [0.4, 0.5) is 5.69 Å². The van der Waals surface area contributed by atoms with Gasteiger partial charge < -0.3 is 15.0 Å². The van der Waals surface area contributed by atoms with Gasteiger partial charge in [-0.2, -0.15) is 0 Å². The molecule has 110 valence electrons. The maximum absolute atomic E-state index is 6.11. The zero-order chi connectivity index (χ0) is 13.6. The van der Waals surface area contributed by atoms with E-state index in [4.69, 9.17) is 4.74 Å². The van der Waals surface area contributed by atoms with E-state index in [-0.39, 0.29) is 0 Å². The quantitative estimate of drug-likeness (QED) is 0.920. The number of ether oxygens (including phenoxy) is 1. The minimum absolute atomic E-state index is 0.395. The predicted octanol–water partition coefficient (Wildman–Crippen LogP) is 2.59. The number of rotatable bonds is 3. The molecular weight excluding hydrogens is 250 g/mol. The van der Waals surface area contributed by atoms with Crippen LogP contribution in [0.25, 0.3) is 0 Å². The van der Waals surface area contributed by atoms with E-state index in [1.165, 1.54) is 44.2 Å². The zero-order valence-electron chi connectivity index (χ0n) is 12.2. The van der Waals surface area contributed by atoms with Gasteiger partial charge in [-0.05, 0) is 38.6 Å². The monoisotopic (exact) mass is 275 g/mol. The molecule has 1 saturated carbocycles. The summed E-state index contributed by atoms with van der Waals surface area (Å²) in [5.41, 5.74) is 1.20. The Morgan fingerprint density at radius 1 is 1.05 bits per heavy atom. The third kappa shape index (κ3) is 3.63. The summed E-state index contributed by atoms with van der Waals surface area (Å²) in [5.74, 6) is 0.937. The molecule has 2 aliphatic rings. The van der Waals surface area contributed by atoms with Gasteiger partial charge in [-0.25, -0.2) is 0 Å². The summed E-state index contributed by atoms with van der Waals surface area (Å²) in [4.78, 5) is 6.77. The van der Waals surface area contributed by atoms with Crippen LogP contribution in [-0.4, -0.2) is 37.3 Å². The first-order valence-electron chi connectivity index (χ1n) is 7.99. The van der Waals surface area contributed by atoms with Gasteiger partial charge in [-0.3, -0.25) is 4.98 Å². The predicted molar refractivity (Wildman–Crippen MR) is 81.4 cm³/mol. The summed E-state index contributed by atoms with van der Waals surface area (Å²) in [6.45, 7) is 4.31. The Balaban J connectivity index is 1.65. The van der Waals surface area contributed by atoms with Crippen molar-refractivity contribution in [1.82, 2.24) is 10.3 Å². The fourth-order valence-corrected chi connectivity index (χ4v) is 3.12. The van der Waals surface area contributed by atoms with Gasteiger partial charge in [0.15, 0.2) is 0 Å². The number of nitrogens with one attached hydrogen (secondary N) is 1. The lowest BCUT2D eigenvalue weighted by molar-refractivity contribution is 0.154. The first-order valence-corrected chi connectivity index (χ1v) is 7.99. The molecule has 1 aliphatic heterocycles. The maximum atomic E-state index is 6.11. The Labute approximate surface area is 121 Å². The molecule has 0 aromatic carbocycles. The number of pyridine rings is 1. The minimum atomic E-state index is 0.395. The largest absolute Gasteiger partial charge is 0.489 e. The molecule has 3 rings (SSSR count). The summed E-state index contributed by atoms with van der Waals surface area (Å²) in [6, 6.07) is 2.16. The van der Waals surface area contributed by atoms with E-state index >= 15 is 0 Å². The van der Waals surface area contributed by atoms with Crippen molar-refractivity contribution in [3.63, 3.8) is 0 Å². The summed E-state index contributed by atoms with van der Waals surface area (Å²) < 4.78 is 6.11. The molecule has 4 nitrogen and oxygen atoms in total. The van der Waals surface area contributed by atoms with E-state index in [1.54, 1.807) is 0 Å². The number of anilines is 1. The molecule has 0 bridgehead atoms. The fourth-order valence-electron chi connectivity index (χ4n) is 3.12. The summed E-state index contributed by atoms with van der Waals surface area (Å²) in [5, 5.41) is 3.43. The smallest absolute Gasteiger partial charge is 0.140 e. The highest BCUT2D eigenvalue weighted by atomic mass is 16.5. The minimum Gasteiger partial charge on any atom is -0.489 e. The Morgan fingerprint density at radius 2 is 1.95 bits per heavy atom. The second-order valence-corrected chi connectivity index (χ2v) is 5.85. The molecule has 0 unspecified atom stereocenters. The van der Waals surface area contributed by atoms with Gasteiger partial charge in [0, 0.05) is 25.7 Å². The van der Waals surface area contributed by atoms with Gasteiger partial charge in [0.05, 0.1) is 24.2 Å². The van der Waals surface area contributed by atoms with E-state index in [0.29, 0.717) is 6.10 Å². The molecule has 2 fully saturated rings. The third-order valence-corrected chi connectivity index (χ3v) is 4.26. The molecule has 1 saturated heterocycles. The molecule has 20 heavy (non-hydrogen) atoms. The summed E-state index contributed by atoms with van der Waals surface area (Å²) >= 11 is 0. The van der Waals surface area contributed by atoms with E-state index in [1.807, 2.05) is 12.4 Å². The van der Waals surface area contributed by atoms with Crippen molar-refractivity contribution in [3.8, 4) is 5.75 Å². The molecular formula is C16H25N3O. The second-order valence-electron chi connectivity index (χ2n) is 5.85. The average Bonchev–Trinajstić information content (AvgIpc) is 2.78. The van der Waals surface area contributed by atoms with Gasteiger partial charge in [-0.15, -0.1) is 0 Å². The summed E-state index contributed by atoms with van der Waals surface area (Å²) in [7, 11) is 0. The van der Waals surface area contributed by atoms with Crippen LogP contribution in [0.2, 0.25) is 0 Å². The van der Waals surface area contributed by atoms with Crippen LogP contribution in [-0.2, 0) is 0 Å². The SMILES string of the molecule is c1ncc(N2CCCNCC2)cc1OC1CCCCC1. The van der Waals surface area contributed by atoms with E-state index in [2.05, 4.69) is 21.3 Å². The molecule has 0 spiro atoms. The number of nitrogens with zero attached hydrogens (tertiary/aromatic N) is 2. The highest BCUT2D eigenvalue weighted by Gasteiger charge is 2.16. The molecule has 1 aromatic heterocycles. The van der Waals surface area contributed by atoms with Gasteiger partial charge >= 0.3 is 0 Å². The lowest BCUT2D eigenvalue weighted by Gasteiger charge is -2.25. The van der Waals surface area contributed by atoms with Crippen molar-refractivity contribution < 1.29 is 4.74 Å². The highest BCUT2D eigenvalue weighted by Crippen LogP contribution is 2.25. The number of hydrogen-bond acceptors (Lipinski definition) is 4. The lowest BCUT2D eigenvalue weighted by atomic mass is 9.98. The van der Waals surface area contributed by atoms with Crippen molar-refractivity contribution in [1.29, 1.82) is 0 Å². The van der Waals surface area contributed by atoms with Crippen LogP contribution in [0, 0.1) is 0 Å². The highest BCUT2D eigenvalue weighted by molar-refractivity contribution is 5.48. The molecule has 0 radical (unpaired) electrons. The first kappa shape index (κ1) is 13.7. The van der Waals surface area contributed by atoms with Crippen LogP contribution in [0.15, 0.2) is 18.5 Å². The number of aromatic nitrogens is 1. The first-order chi connectivity index (χ1) is 9.92. The lowest BCUT2D eigenvalue weighted by Crippen LogP contribution is -2.28. The van der Waals surface area contributed by atoms with Crippen molar-refractivity contribution in [2.75, 3.05) is 31.1 Å². The standard InChI is InChI=1S/C16H25N3O/c1-2-5-15(6-3-1)20-16-11-14(12-18-13-16)19-9-4-7-17-8-10-19/h11-13,15,17H,1-10H2. The molecule has 0 amide bonds. The Hall–Kier alpha value is -1.29. The van der Waals surface area contributed by atoms with Crippen LogP contribution >= 0.6 is 0 Å². The van der Waals surface area contributed by atoms with Crippen LogP contribution in [0.3, 0.4) is 0 Å². The molecule has 1 N–H and O–H groups in total. The van der Waals surface area contributed by atoms with Gasteiger partial charge in [0.2, 0.25) is 0 Å². The van der Waals surface area contributed by atoms with E-state index in [9.17, 15) is 0 Å². The number of hydrogen-bond donors (Lipinski definition) is 1. The fraction of sp³-hybridized carbons (Fsp3) is 0.688. The van der Waals surface area contributed by atoms with Crippen molar-refractivity contribution >= 4 is 5.69 Å². The van der Waals surface area contributed by atoms with Crippen LogP contribution in [0.1, 0.15) is 38.5 Å². The topological polar surface area (TPSA) is 37.4 Å². The van der Waals surface area contributed by atoms with Crippen LogP contribution in [0.5, 0.6) is 5.75 Å². The van der Waals surface area contributed by atoms with Crippen molar-refractivity contribution in [2.24, 2.45) is 0 Å². The van der Waals surface area contributed by atoms with Gasteiger partial charge in [0.25, 0.3) is 0 Å². The maximum Gasteiger partial charge on any atom is 0.140 e. The normalized spacial score (nSPS) is 21.5. The molecule has 1 aliphatic carbocycles. The second kappa shape index (κ2) is 6.93. The Kier molecular flexibility index (Phi) is 4.74. The van der Waals surface area contributed by atoms with Crippen molar-refractivity contribution in [2.45, 2.75) is 44.6 Å². The summed E-state index contributed by atoms with van der Waals surface area (Å²) in [6.07, 6.45) is 11.7. The van der Waals surface area contributed by atoms with Crippen LogP contribution < -0.4 is 15.0 Å². The Morgan fingerprint density at radius 3 is 2.85 bits per heavy atom. The zero-order valence-corrected chi connectivity index (χ0v) is 12.2. The Bertz CT molecular complexity index is 410. The molecule has 0 atom stereocenters.